The minimum Gasteiger partial charge on any atom is -0.332 e. The third kappa shape index (κ3) is 3.65. The second kappa shape index (κ2) is 7.40. The van der Waals surface area contributed by atoms with Crippen LogP contribution in [0, 0.1) is 5.82 Å². The Kier molecular flexibility index (Phi) is 5.55. The van der Waals surface area contributed by atoms with Crippen molar-refractivity contribution in [3.63, 3.8) is 0 Å². The second-order valence-electron chi connectivity index (χ2n) is 5.04. The van der Waals surface area contributed by atoms with Crippen LogP contribution in [-0.2, 0) is 4.79 Å². The predicted octanol–water partition coefficient (Wildman–Crippen LogP) is 3.52. The van der Waals surface area contributed by atoms with Crippen LogP contribution in [0.4, 0.5) is 4.39 Å². The first-order valence-electron chi connectivity index (χ1n) is 7.00. The SMILES string of the molecule is CSC(C)C(=O)N(C)C(c1cccc(F)c1)c1ccccn1. The molecule has 0 saturated carbocycles. The maximum atomic E-state index is 13.6. The number of amides is 1. The fourth-order valence-corrected chi connectivity index (χ4v) is 2.69. The number of carbonyl (C=O) groups excluding carboxylic acids is 1. The highest BCUT2D eigenvalue weighted by molar-refractivity contribution is 7.99. The smallest absolute Gasteiger partial charge is 0.235 e. The average molecular weight is 318 g/mol. The first-order valence-corrected chi connectivity index (χ1v) is 8.29. The van der Waals surface area contributed by atoms with E-state index in [4.69, 9.17) is 0 Å². The summed E-state index contributed by atoms with van der Waals surface area (Å²) in [6.45, 7) is 1.87. The highest BCUT2D eigenvalue weighted by atomic mass is 32.2. The maximum absolute atomic E-state index is 13.6. The molecular formula is C17H19FN2OS. The molecule has 0 aliphatic heterocycles. The van der Waals surface area contributed by atoms with E-state index in [1.54, 1.807) is 24.2 Å². The molecule has 2 rings (SSSR count). The molecule has 2 unspecified atom stereocenters. The van der Waals surface area contributed by atoms with Gasteiger partial charge in [0.15, 0.2) is 0 Å². The molecule has 0 saturated heterocycles. The standard InChI is InChI=1S/C17H19FN2OS/c1-12(22-3)17(21)20(2)16(15-9-4-5-10-19-15)13-7-6-8-14(18)11-13/h4-12,16H,1-3H3. The van der Waals surface area contributed by atoms with Crippen molar-refractivity contribution in [3.05, 3.63) is 65.7 Å². The van der Waals surface area contributed by atoms with Gasteiger partial charge < -0.3 is 4.90 Å². The van der Waals surface area contributed by atoms with Crippen molar-refractivity contribution in [3.8, 4) is 0 Å². The van der Waals surface area contributed by atoms with Crippen LogP contribution in [0.1, 0.15) is 24.2 Å². The molecule has 0 N–H and O–H groups in total. The van der Waals surface area contributed by atoms with Crippen molar-refractivity contribution in [1.82, 2.24) is 9.88 Å². The number of pyridine rings is 1. The number of hydrogen-bond acceptors (Lipinski definition) is 3. The van der Waals surface area contributed by atoms with Crippen LogP contribution < -0.4 is 0 Å². The molecule has 1 amide bonds. The minimum absolute atomic E-state index is 0.00702. The Hall–Kier alpha value is -1.88. The Bertz CT molecular complexity index is 636. The molecule has 1 aromatic heterocycles. The monoisotopic (exact) mass is 318 g/mol. The summed E-state index contributed by atoms with van der Waals surface area (Å²) in [6.07, 6.45) is 3.58. The van der Waals surface area contributed by atoms with Gasteiger partial charge >= 0.3 is 0 Å². The van der Waals surface area contributed by atoms with Gasteiger partial charge in [0.2, 0.25) is 5.91 Å². The zero-order valence-electron chi connectivity index (χ0n) is 12.9. The molecule has 5 heteroatoms. The Morgan fingerprint density at radius 1 is 1.27 bits per heavy atom. The predicted molar refractivity (Wildman–Crippen MR) is 88.2 cm³/mol. The zero-order valence-corrected chi connectivity index (χ0v) is 13.7. The number of benzene rings is 1. The Balaban J connectivity index is 2.44. The fraction of sp³-hybridized carbons (Fsp3) is 0.294. The number of thioether (sulfide) groups is 1. The summed E-state index contributed by atoms with van der Waals surface area (Å²) < 4.78 is 13.6. The maximum Gasteiger partial charge on any atom is 0.235 e. The Morgan fingerprint density at radius 2 is 2.05 bits per heavy atom. The van der Waals surface area contributed by atoms with Crippen LogP contribution in [0.5, 0.6) is 0 Å². The van der Waals surface area contributed by atoms with Crippen molar-refractivity contribution in [1.29, 1.82) is 0 Å². The van der Waals surface area contributed by atoms with Gasteiger partial charge in [0.1, 0.15) is 5.82 Å². The third-order valence-corrected chi connectivity index (χ3v) is 4.48. The molecule has 3 nitrogen and oxygen atoms in total. The van der Waals surface area contributed by atoms with E-state index in [1.807, 2.05) is 37.4 Å². The molecule has 116 valence electrons. The van der Waals surface area contributed by atoms with Gasteiger partial charge in [0.25, 0.3) is 0 Å². The molecule has 0 aliphatic rings. The minimum atomic E-state index is -0.404. The Morgan fingerprint density at radius 3 is 2.64 bits per heavy atom. The van der Waals surface area contributed by atoms with Gasteiger partial charge in [0, 0.05) is 13.2 Å². The lowest BCUT2D eigenvalue weighted by Crippen LogP contribution is -2.37. The number of carbonyl (C=O) groups is 1. The van der Waals surface area contributed by atoms with E-state index in [2.05, 4.69) is 4.98 Å². The lowest BCUT2D eigenvalue weighted by Gasteiger charge is -2.30. The quantitative estimate of drug-likeness (QED) is 0.846. The number of rotatable bonds is 5. The van der Waals surface area contributed by atoms with E-state index in [0.29, 0.717) is 5.56 Å². The van der Waals surface area contributed by atoms with Crippen LogP contribution >= 0.6 is 11.8 Å². The topological polar surface area (TPSA) is 33.2 Å². The molecule has 1 heterocycles. The molecular weight excluding hydrogens is 299 g/mol. The van der Waals surface area contributed by atoms with Crippen LogP contribution in [0.2, 0.25) is 0 Å². The lowest BCUT2D eigenvalue weighted by molar-refractivity contribution is -0.130. The van der Waals surface area contributed by atoms with Crippen LogP contribution in [0.25, 0.3) is 0 Å². The summed E-state index contributed by atoms with van der Waals surface area (Å²) in [5.41, 5.74) is 1.43. The number of aromatic nitrogens is 1. The first kappa shape index (κ1) is 16.5. The highest BCUT2D eigenvalue weighted by Crippen LogP contribution is 2.28. The molecule has 1 aromatic carbocycles. The second-order valence-corrected chi connectivity index (χ2v) is 6.22. The average Bonchev–Trinajstić information content (AvgIpc) is 2.54. The third-order valence-electron chi connectivity index (χ3n) is 3.57. The lowest BCUT2D eigenvalue weighted by atomic mass is 10.0. The van der Waals surface area contributed by atoms with E-state index in [9.17, 15) is 9.18 Å². The van der Waals surface area contributed by atoms with Crippen LogP contribution in [-0.4, -0.2) is 34.3 Å². The van der Waals surface area contributed by atoms with Crippen LogP contribution in [0.15, 0.2) is 48.7 Å². The van der Waals surface area contributed by atoms with E-state index < -0.39 is 6.04 Å². The van der Waals surface area contributed by atoms with Crippen molar-refractivity contribution in [2.24, 2.45) is 0 Å². The van der Waals surface area contributed by atoms with Gasteiger partial charge in [-0.25, -0.2) is 4.39 Å². The van der Waals surface area contributed by atoms with Gasteiger partial charge in [-0.05, 0) is 43.0 Å². The Labute approximate surface area is 134 Å². The number of nitrogens with zero attached hydrogens (tertiary/aromatic N) is 2. The fourth-order valence-electron chi connectivity index (χ4n) is 2.32. The largest absolute Gasteiger partial charge is 0.332 e. The molecule has 0 radical (unpaired) electrons. The molecule has 2 aromatic rings. The van der Waals surface area contributed by atoms with Crippen molar-refractivity contribution < 1.29 is 9.18 Å². The van der Waals surface area contributed by atoms with E-state index >= 15 is 0 Å². The molecule has 2 atom stereocenters. The summed E-state index contributed by atoms with van der Waals surface area (Å²) in [5, 5.41) is -0.162. The van der Waals surface area contributed by atoms with E-state index in [0.717, 1.165) is 5.69 Å². The van der Waals surface area contributed by atoms with Crippen LogP contribution in [0.3, 0.4) is 0 Å². The van der Waals surface area contributed by atoms with Gasteiger partial charge in [-0.1, -0.05) is 18.2 Å². The summed E-state index contributed by atoms with van der Waals surface area (Å²) in [7, 11) is 1.74. The van der Waals surface area contributed by atoms with Gasteiger partial charge in [-0.15, -0.1) is 0 Å². The highest BCUT2D eigenvalue weighted by Gasteiger charge is 2.27. The molecule has 22 heavy (non-hydrogen) atoms. The van der Waals surface area contributed by atoms with Gasteiger partial charge in [-0.2, -0.15) is 11.8 Å². The van der Waals surface area contributed by atoms with E-state index in [1.165, 1.54) is 23.9 Å². The molecule has 0 aliphatic carbocycles. The summed E-state index contributed by atoms with van der Waals surface area (Å²) >= 11 is 1.49. The van der Waals surface area contributed by atoms with Gasteiger partial charge in [0.05, 0.1) is 17.0 Å². The number of hydrogen-bond donors (Lipinski definition) is 0. The number of halogens is 1. The van der Waals surface area contributed by atoms with Crippen molar-refractivity contribution in [2.75, 3.05) is 13.3 Å². The molecule has 0 bridgehead atoms. The normalized spacial score (nSPS) is 13.5. The van der Waals surface area contributed by atoms with Gasteiger partial charge in [-0.3, -0.25) is 9.78 Å². The van der Waals surface area contributed by atoms with Crippen molar-refractivity contribution >= 4 is 17.7 Å². The summed E-state index contributed by atoms with van der Waals surface area (Å²) in [4.78, 5) is 18.5. The molecule has 0 fully saturated rings. The zero-order chi connectivity index (χ0) is 16.1. The summed E-state index contributed by atoms with van der Waals surface area (Å²) in [6, 6.07) is 11.4. The summed E-state index contributed by atoms with van der Waals surface area (Å²) in [5.74, 6) is -0.329. The van der Waals surface area contributed by atoms with Crippen molar-refractivity contribution in [2.45, 2.75) is 18.2 Å². The van der Waals surface area contributed by atoms with E-state index in [-0.39, 0.29) is 17.0 Å². The first-order chi connectivity index (χ1) is 10.5. The molecule has 0 spiro atoms.